The molecule has 1 aromatic carbocycles. The summed E-state index contributed by atoms with van der Waals surface area (Å²) < 4.78 is 40.6. The van der Waals surface area contributed by atoms with Crippen molar-refractivity contribution in [3.63, 3.8) is 0 Å². The van der Waals surface area contributed by atoms with E-state index < -0.39 is 11.7 Å². The minimum atomic E-state index is -4.45. The Hall–Kier alpha value is -1.62. The summed E-state index contributed by atoms with van der Waals surface area (Å²) in [7, 11) is 0. The predicted octanol–water partition coefficient (Wildman–Crippen LogP) is 4.47. The van der Waals surface area contributed by atoms with Gasteiger partial charge in [0.25, 0.3) is 0 Å². The van der Waals surface area contributed by atoms with Gasteiger partial charge in [0.2, 0.25) is 0 Å². The third-order valence-corrected chi connectivity index (χ3v) is 2.86. The lowest BCUT2D eigenvalue weighted by atomic mass is 10.2. The first-order chi connectivity index (χ1) is 8.49. The molecule has 0 aliphatic carbocycles. The number of nitrogens with one attached hydrogen (secondary N) is 1. The standard InChI is InChI=1S/C13H12F3NS/c1-3-11(13(14,15)16)12(4-2)17-18-10-8-6-5-7-9-10/h3-9,17H,1-2H2/b12-11-. The lowest BCUT2D eigenvalue weighted by molar-refractivity contribution is -0.0888. The highest BCUT2D eigenvalue weighted by Crippen LogP contribution is 2.29. The number of hydrogen-bond acceptors (Lipinski definition) is 2. The van der Waals surface area contributed by atoms with Crippen LogP contribution in [0.4, 0.5) is 13.2 Å². The number of alkyl halides is 3. The molecule has 0 radical (unpaired) electrons. The summed E-state index contributed by atoms with van der Waals surface area (Å²) in [6.07, 6.45) is -2.55. The highest BCUT2D eigenvalue weighted by molar-refractivity contribution is 7.97. The Morgan fingerprint density at radius 1 is 1.11 bits per heavy atom. The van der Waals surface area contributed by atoms with Gasteiger partial charge in [0, 0.05) is 4.90 Å². The van der Waals surface area contributed by atoms with Crippen molar-refractivity contribution in [2.75, 3.05) is 0 Å². The molecule has 0 aliphatic heterocycles. The van der Waals surface area contributed by atoms with Gasteiger partial charge in [-0.3, -0.25) is 0 Å². The normalized spacial score (nSPS) is 12.6. The van der Waals surface area contributed by atoms with E-state index in [1.807, 2.05) is 6.07 Å². The zero-order valence-electron chi connectivity index (χ0n) is 9.50. The molecule has 0 unspecified atom stereocenters. The second-order valence-electron chi connectivity index (χ2n) is 3.25. The Labute approximate surface area is 108 Å². The van der Waals surface area contributed by atoms with Crippen LogP contribution in [0.2, 0.25) is 0 Å². The van der Waals surface area contributed by atoms with E-state index >= 15 is 0 Å². The molecule has 0 bridgehead atoms. The fraction of sp³-hybridized carbons (Fsp3) is 0.0769. The second-order valence-corrected chi connectivity index (χ2v) is 4.13. The molecule has 1 N–H and O–H groups in total. The fourth-order valence-electron chi connectivity index (χ4n) is 1.19. The van der Waals surface area contributed by atoms with Crippen molar-refractivity contribution < 1.29 is 13.2 Å². The summed E-state index contributed by atoms with van der Waals surface area (Å²) in [4.78, 5) is 0.808. The molecule has 0 fully saturated rings. The Balaban J connectivity index is 2.88. The van der Waals surface area contributed by atoms with E-state index in [0.717, 1.165) is 29.0 Å². The molecule has 1 rings (SSSR count). The Bertz CT molecular complexity index is 449. The van der Waals surface area contributed by atoms with Gasteiger partial charge in [-0.15, -0.1) is 0 Å². The van der Waals surface area contributed by atoms with Gasteiger partial charge in [0.1, 0.15) is 0 Å². The molecule has 0 saturated heterocycles. The van der Waals surface area contributed by atoms with E-state index in [-0.39, 0.29) is 5.70 Å². The SMILES string of the molecule is C=C/C(NSc1ccccc1)=C(\C=C)C(F)(F)F. The van der Waals surface area contributed by atoms with Crippen molar-refractivity contribution in [3.8, 4) is 0 Å². The first kappa shape index (κ1) is 14.4. The van der Waals surface area contributed by atoms with Gasteiger partial charge in [0.15, 0.2) is 0 Å². The van der Waals surface area contributed by atoms with Gasteiger partial charge in [-0.05, 0) is 30.2 Å². The maximum atomic E-state index is 12.7. The van der Waals surface area contributed by atoms with Crippen molar-refractivity contribution in [2.24, 2.45) is 0 Å². The van der Waals surface area contributed by atoms with Crippen molar-refractivity contribution in [1.82, 2.24) is 4.72 Å². The molecular weight excluding hydrogens is 259 g/mol. The van der Waals surface area contributed by atoms with Gasteiger partial charge in [-0.1, -0.05) is 37.4 Å². The first-order valence-electron chi connectivity index (χ1n) is 5.03. The van der Waals surface area contributed by atoms with Gasteiger partial charge >= 0.3 is 6.18 Å². The first-order valence-corrected chi connectivity index (χ1v) is 5.85. The van der Waals surface area contributed by atoms with E-state index in [0.29, 0.717) is 0 Å². The van der Waals surface area contributed by atoms with Gasteiger partial charge in [-0.2, -0.15) is 13.2 Å². The molecular formula is C13H12F3NS. The monoisotopic (exact) mass is 271 g/mol. The van der Waals surface area contributed by atoms with E-state index in [4.69, 9.17) is 0 Å². The largest absolute Gasteiger partial charge is 0.418 e. The lowest BCUT2D eigenvalue weighted by Gasteiger charge is -2.13. The summed E-state index contributed by atoms with van der Waals surface area (Å²) >= 11 is 1.09. The molecule has 5 heteroatoms. The molecule has 0 heterocycles. The number of hydrogen-bond donors (Lipinski definition) is 1. The Morgan fingerprint density at radius 3 is 2.17 bits per heavy atom. The van der Waals surface area contributed by atoms with Gasteiger partial charge in [0.05, 0.1) is 11.3 Å². The minimum absolute atomic E-state index is 0.105. The predicted molar refractivity (Wildman–Crippen MR) is 68.9 cm³/mol. The van der Waals surface area contributed by atoms with Crippen LogP contribution in [0, 0.1) is 0 Å². The molecule has 0 saturated carbocycles. The third kappa shape index (κ3) is 4.00. The van der Waals surface area contributed by atoms with Gasteiger partial charge in [-0.25, -0.2) is 0 Å². The summed E-state index contributed by atoms with van der Waals surface area (Å²) in [6.45, 7) is 6.55. The molecule has 0 amide bonds. The topological polar surface area (TPSA) is 12.0 Å². The van der Waals surface area contributed by atoms with Crippen LogP contribution in [0.5, 0.6) is 0 Å². The highest BCUT2D eigenvalue weighted by Gasteiger charge is 2.33. The fourth-order valence-corrected chi connectivity index (χ4v) is 1.90. The zero-order valence-corrected chi connectivity index (χ0v) is 10.3. The molecule has 0 spiro atoms. The van der Waals surface area contributed by atoms with E-state index in [1.165, 1.54) is 0 Å². The molecule has 96 valence electrons. The summed E-state index contributed by atoms with van der Waals surface area (Å²) in [5, 5.41) is 0. The zero-order chi connectivity index (χ0) is 13.6. The summed E-state index contributed by atoms with van der Waals surface area (Å²) in [6, 6.07) is 9.03. The number of benzene rings is 1. The summed E-state index contributed by atoms with van der Waals surface area (Å²) in [5.41, 5.74) is -0.938. The van der Waals surface area contributed by atoms with Crippen LogP contribution >= 0.6 is 11.9 Å². The quantitative estimate of drug-likeness (QED) is 0.626. The van der Waals surface area contributed by atoms with Crippen LogP contribution in [0.1, 0.15) is 0 Å². The molecule has 0 atom stereocenters. The second kappa shape index (κ2) is 6.35. The average Bonchev–Trinajstić information content (AvgIpc) is 2.34. The van der Waals surface area contributed by atoms with Crippen LogP contribution in [0.15, 0.2) is 71.8 Å². The average molecular weight is 271 g/mol. The van der Waals surface area contributed by atoms with Crippen molar-refractivity contribution in [1.29, 1.82) is 0 Å². The lowest BCUT2D eigenvalue weighted by Crippen LogP contribution is -2.16. The number of halogens is 3. The van der Waals surface area contributed by atoms with Gasteiger partial charge < -0.3 is 4.72 Å². The summed E-state index contributed by atoms with van der Waals surface area (Å²) in [5.74, 6) is 0. The van der Waals surface area contributed by atoms with Crippen LogP contribution < -0.4 is 4.72 Å². The number of rotatable bonds is 5. The maximum absolute atomic E-state index is 12.7. The molecule has 0 aliphatic rings. The van der Waals surface area contributed by atoms with E-state index in [1.54, 1.807) is 24.3 Å². The highest BCUT2D eigenvalue weighted by atomic mass is 32.2. The third-order valence-electron chi connectivity index (χ3n) is 2.03. The van der Waals surface area contributed by atoms with E-state index in [9.17, 15) is 13.2 Å². The maximum Gasteiger partial charge on any atom is 0.418 e. The van der Waals surface area contributed by atoms with Crippen molar-refractivity contribution in [3.05, 3.63) is 66.9 Å². The molecule has 1 nitrogen and oxygen atoms in total. The van der Waals surface area contributed by atoms with Crippen LogP contribution in [0.25, 0.3) is 0 Å². The smallest absolute Gasteiger partial charge is 0.325 e. The van der Waals surface area contributed by atoms with Crippen LogP contribution in [-0.4, -0.2) is 6.18 Å². The molecule has 0 aromatic heterocycles. The Kier molecular flexibility index (Phi) is 5.09. The van der Waals surface area contributed by atoms with Crippen molar-refractivity contribution in [2.45, 2.75) is 11.1 Å². The minimum Gasteiger partial charge on any atom is -0.325 e. The van der Waals surface area contributed by atoms with Crippen molar-refractivity contribution >= 4 is 11.9 Å². The van der Waals surface area contributed by atoms with Crippen LogP contribution in [-0.2, 0) is 0 Å². The van der Waals surface area contributed by atoms with Crippen LogP contribution in [0.3, 0.4) is 0 Å². The number of allylic oxidation sites excluding steroid dienone is 3. The van der Waals surface area contributed by atoms with E-state index in [2.05, 4.69) is 17.9 Å². The Morgan fingerprint density at radius 2 is 1.72 bits per heavy atom. The molecule has 18 heavy (non-hydrogen) atoms. The molecule has 1 aromatic rings.